The maximum Gasteiger partial charge on any atom is 0.250 e. The fraction of sp³-hybridized carbons (Fsp3) is 0.286. The highest BCUT2D eigenvalue weighted by Gasteiger charge is 2.26. The molecule has 3 N–H and O–H groups in total. The maximum atomic E-state index is 12.3. The third-order valence-electron chi connectivity index (χ3n) is 3.54. The van der Waals surface area contributed by atoms with Crippen molar-refractivity contribution < 1.29 is 8.42 Å². The van der Waals surface area contributed by atoms with Crippen LogP contribution in [0.1, 0.15) is 30.0 Å². The highest BCUT2D eigenvalue weighted by Crippen LogP contribution is 2.32. The van der Waals surface area contributed by atoms with E-state index in [1.165, 1.54) is 11.3 Å². The van der Waals surface area contributed by atoms with Crippen molar-refractivity contribution in [3.05, 3.63) is 46.8 Å². The number of nitrogens with two attached hydrogens (primary N) is 1. The molecule has 2 aromatic rings. The van der Waals surface area contributed by atoms with Crippen molar-refractivity contribution in [3.63, 3.8) is 0 Å². The fourth-order valence-corrected chi connectivity index (χ4v) is 4.88. The molecule has 1 aromatic carbocycles. The van der Waals surface area contributed by atoms with E-state index in [2.05, 4.69) is 4.72 Å². The van der Waals surface area contributed by atoms with Gasteiger partial charge in [0, 0.05) is 11.7 Å². The Balaban J connectivity index is 1.90. The van der Waals surface area contributed by atoms with Crippen LogP contribution in [-0.4, -0.2) is 8.42 Å². The molecule has 0 fully saturated rings. The summed E-state index contributed by atoms with van der Waals surface area (Å²) in [7, 11) is -3.43. The predicted octanol–water partition coefficient (Wildman–Crippen LogP) is 2.69. The van der Waals surface area contributed by atoms with Gasteiger partial charge >= 0.3 is 0 Å². The summed E-state index contributed by atoms with van der Waals surface area (Å²) in [5.74, 6) is 0. The molecule has 3 rings (SSSR count). The van der Waals surface area contributed by atoms with Crippen LogP contribution in [0.3, 0.4) is 0 Å². The lowest BCUT2D eigenvalue weighted by Crippen LogP contribution is -2.30. The van der Waals surface area contributed by atoms with E-state index in [4.69, 9.17) is 5.73 Å². The molecule has 4 nitrogen and oxygen atoms in total. The van der Waals surface area contributed by atoms with Crippen LogP contribution in [0.15, 0.2) is 39.9 Å². The smallest absolute Gasteiger partial charge is 0.250 e. The number of aryl methyl sites for hydroxylation is 1. The van der Waals surface area contributed by atoms with Gasteiger partial charge in [-0.2, -0.15) is 0 Å². The first-order valence-corrected chi connectivity index (χ1v) is 8.87. The van der Waals surface area contributed by atoms with Gasteiger partial charge in [-0.25, -0.2) is 13.1 Å². The van der Waals surface area contributed by atoms with Crippen LogP contribution >= 0.6 is 11.3 Å². The number of hydrogen-bond donors (Lipinski definition) is 2. The third-order valence-corrected chi connectivity index (χ3v) is 6.41. The molecule has 20 heavy (non-hydrogen) atoms. The van der Waals surface area contributed by atoms with Gasteiger partial charge in [0.2, 0.25) is 0 Å². The first-order valence-electron chi connectivity index (χ1n) is 6.50. The van der Waals surface area contributed by atoms with Gasteiger partial charge < -0.3 is 5.73 Å². The second-order valence-corrected chi connectivity index (χ2v) is 7.84. The molecular weight excluding hydrogens is 292 g/mol. The average molecular weight is 308 g/mol. The Hall–Kier alpha value is -1.37. The molecule has 106 valence electrons. The Morgan fingerprint density at radius 2 is 2.15 bits per heavy atom. The van der Waals surface area contributed by atoms with Crippen molar-refractivity contribution in [3.8, 4) is 0 Å². The summed E-state index contributed by atoms with van der Waals surface area (Å²) in [5, 5.41) is 1.77. The van der Waals surface area contributed by atoms with E-state index in [9.17, 15) is 8.42 Å². The van der Waals surface area contributed by atoms with Crippen molar-refractivity contribution in [2.45, 2.75) is 29.5 Å². The Morgan fingerprint density at radius 1 is 1.30 bits per heavy atom. The largest absolute Gasteiger partial charge is 0.399 e. The quantitative estimate of drug-likeness (QED) is 0.856. The summed E-state index contributed by atoms with van der Waals surface area (Å²) in [6.07, 6.45) is 2.74. The van der Waals surface area contributed by atoms with E-state index in [0.717, 1.165) is 36.1 Å². The minimum atomic E-state index is -3.43. The molecule has 0 spiro atoms. The minimum Gasteiger partial charge on any atom is -0.399 e. The number of fused-ring (bicyclic) bond motifs is 1. The number of hydrogen-bond acceptors (Lipinski definition) is 4. The van der Waals surface area contributed by atoms with E-state index >= 15 is 0 Å². The van der Waals surface area contributed by atoms with Crippen LogP contribution in [0.5, 0.6) is 0 Å². The Kier molecular flexibility index (Phi) is 3.54. The van der Waals surface area contributed by atoms with Gasteiger partial charge in [0.15, 0.2) is 0 Å². The first-order chi connectivity index (χ1) is 9.56. The number of sulfonamides is 1. The van der Waals surface area contributed by atoms with Gasteiger partial charge in [0.1, 0.15) is 4.21 Å². The molecule has 0 saturated heterocycles. The topological polar surface area (TPSA) is 72.2 Å². The second-order valence-electron chi connectivity index (χ2n) is 4.96. The summed E-state index contributed by atoms with van der Waals surface area (Å²) in [5.41, 5.74) is 8.72. The number of thiophene rings is 1. The van der Waals surface area contributed by atoms with Crippen molar-refractivity contribution in [2.75, 3.05) is 5.73 Å². The normalized spacial score (nSPS) is 18.7. The molecule has 1 atom stereocenters. The van der Waals surface area contributed by atoms with Crippen LogP contribution in [0.2, 0.25) is 0 Å². The monoisotopic (exact) mass is 308 g/mol. The summed E-state index contributed by atoms with van der Waals surface area (Å²) in [4.78, 5) is 0. The highest BCUT2D eigenvalue weighted by molar-refractivity contribution is 7.91. The van der Waals surface area contributed by atoms with E-state index < -0.39 is 10.0 Å². The van der Waals surface area contributed by atoms with Crippen LogP contribution in [0, 0.1) is 0 Å². The molecule has 1 heterocycles. The lowest BCUT2D eigenvalue weighted by atomic mass is 9.88. The van der Waals surface area contributed by atoms with Crippen molar-refractivity contribution in [1.82, 2.24) is 4.72 Å². The summed E-state index contributed by atoms with van der Waals surface area (Å²) in [6.45, 7) is 0. The summed E-state index contributed by atoms with van der Waals surface area (Å²) in [6, 6.07) is 8.92. The van der Waals surface area contributed by atoms with Crippen LogP contribution < -0.4 is 10.5 Å². The third kappa shape index (κ3) is 2.59. The van der Waals surface area contributed by atoms with Gasteiger partial charge in [0.05, 0.1) is 0 Å². The molecule has 0 bridgehead atoms. The zero-order valence-corrected chi connectivity index (χ0v) is 12.5. The van der Waals surface area contributed by atoms with E-state index in [0.29, 0.717) is 4.21 Å². The second kappa shape index (κ2) is 5.20. The number of nitrogens with one attached hydrogen (secondary N) is 1. The van der Waals surface area contributed by atoms with Crippen LogP contribution in [0.25, 0.3) is 0 Å². The lowest BCUT2D eigenvalue weighted by Gasteiger charge is -2.26. The van der Waals surface area contributed by atoms with Crippen LogP contribution in [-0.2, 0) is 16.4 Å². The van der Waals surface area contributed by atoms with E-state index in [-0.39, 0.29) is 6.04 Å². The SMILES string of the molecule is Nc1ccc2c(c1)CCCC2NS(=O)(=O)c1cccs1. The van der Waals surface area contributed by atoms with E-state index in [1.54, 1.807) is 17.5 Å². The zero-order chi connectivity index (χ0) is 14.2. The maximum absolute atomic E-state index is 12.3. The van der Waals surface area contributed by atoms with Gasteiger partial charge in [-0.15, -0.1) is 11.3 Å². The van der Waals surface area contributed by atoms with Gasteiger partial charge in [0.25, 0.3) is 10.0 Å². The summed E-state index contributed by atoms with van der Waals surface area (Å²) < 4.78 is 27.8. The number of benzene rings is 1. The van der Waals surface area contributed by atoms with Crippen molar-refractivity contribution in [1.29, 1.82) is 0 Å². The molecule has 1 aliphatic carbocycles. The molecule has 1 aromatic heterocycles. The number of anilines is 1. The molecular formula is C14H16N2O2S2. The predicted molar refractivity (Wildman–Crippen MR) is 81.2 cm³/mol. The fourth-order valence-electron chi connectivity index (χ4n) is 2.62. The lowest BCUT2D eigenvalue weighted by molar-refractivity contribution is 0.508. The molecule has 1 unspecified atom stereocenters. The Bertz CT molecular complexity index is 709. The molecule has 0 saturated carbocycles. The number of rotatable bonds is 3. The molecule has 1 aliphatic rings. The Labute approximate surface area is 122 Å². The van der Waals surface area contributed by atoms with E-state index in [1.807, 2.05) is 18.2 Å². The molecule has 0 aliphatic heterocycles. The molecule has 0 amide bonds. The first kappa shape index (κ1) is 13.6. The van der Waals surface area contributed by atoms with Gasteiger partial charge in [-0.1, -0.05) is 12.1 Å². The standard InChI is InChI=1S/C14H16N2O2S2/c15-11-6-7-12-10(9-11)3-1-4-13(12)16-20(17,18)14-5-2-8-19-14/h2,5-9,13,16H,1,3-4,15H2. The molecule has 6 heteroatoms. The average Bonchev–Trinajstić information content (AvgIpc) is 2.93. The minimum absolute atomic E-state index is 0.161. The van der Waals surface area contributed by atoms with Crippen LogP contribution in [0.4, 0.5) is 5.69 Å². The highest BCUT2D eigenvalue weighted by atomic mass is 32.2. The van der Waals surface area contributed by atoms with Gasteiger partial charge in [-0.05, 0) is 54.0 Å². The van der Waals surface area contributed by atoms with Crippen molar-refractivity contribution >= 4 is 27.0 Å². The number of nitrogen functional groups attached to an aromatic ring is 1. The summed E-state index contributed by atoms with van der Waals surface area (Å²) >= 11 is 1.23. The van der Waals surface area contributed by atoms with Crippen molar-refractivity contribution in [2.24, 2.45) is 0 Å². The molecule has 0 radical (unpaired) electrons. The van der Waals surface area contributed by atoms with Gasteiger partial charge in [-0.3, -0.25) is 0 Å². The zero-order valence-electron chi connectivity index (χ0n) is 10.9. The Morgan fingerprint density at radius 3 is 2.90 bits per heavy atom.